The largest absolute Gasteiger partial charge is 0.390 e. The highest BCUT2D eigenvalue weighted by molar-refractivity contribution is 5.84. The molecule has 1 rings (SSSR count). The van der Waals surface area contributed by atoms with Gasteiger partial charge in [-0.05, 0) is 45.1 Å². The van der Waals surface area contributed by atoms with E-state index in [4.69, 9.17) is 5.11 Å². The second kappa shape index (κ2) is 10.8. The van der Waals surface area contributed by atoms with E-state index >= 15 is 0 Å². The molecule has 5 nitrogen and oxygen atoms in total. The average Bonchev–Trinajstić information content (AvgIpc) is 2.60. The van der Waals surface area contributed by atoms with Gasteiger partial charge in [-0.2, -0.15) is 0 Å². The number of hydrogen-bond acceptors (Lipinski definition) is 3. The van der Waals surface area contributed by atoms with Crippen molar-refractivity contribution in [3.8, 4) is 0 Å². The molecule has 0 bridgehead atoms. The molecule has 2 amide bonds. The molecule has 2 atom stereocenters. The number of hydrogen-bond donors (Lipinski definition) is 3. The van der Waals surface area contributed by atoms with E-state index in [1.807, 2.05) is 37.3 Å². The monoisotopic (exact) mass is 351 g/mol. The Bertz CT molecular complexity index is 535. The number of amides is 2. The molecule has 0 saturated heterocycles. The Labute approximate surface area is 149 Å². The summed E-state index contributed by atoms with van der Waals surface area (Å²) in [6, 6.07) is 9.28. The Hall–Kier alpha value is -1.95. The summed E-state index contributed by atoms with van der Waals surface area (Å²) in [6.45, 7) is 4.79. The van der Waals surface area contributed by atoms with Crippen LogP contribution in [0.25, 0.3) is 0 Å². The fraction of sp³-hybridized carbons (Fsp3) is 0.526. The molecule has 3 N–H and O–H groups in total. The first-order valence-electron chi connectivity index (χ1n) is 8.65. The first-order chi connectivity index (χ1) is 11.9. The van der Waals surface area contributed by atoms with Gasteiger partial charge in [0.2, 0.25) is 5.91 Å². The summed E-state index contributed by atoms with van der Waals surface area (Å²) >= 11 is 0. The number of aliphatic hydroxyl groups is 1. The van der Waals surface area contributed by atoms with Gasteiger partial charge in [-0.3, -0.25) is 9.59 Å². The molecule has 25 heavy (non-hydrogen) atoms. The van der Waals surface area contributed by atoms with Gasteiger partial charge in [-0.1, -0.05) is 30.3 Å². The fourth-order valence-electron chi connectivity index (χ4n) is 2.52. The van der Waals surface area contributed by atoms with Crippen LogP contribution in [0.1, 0.15) is 45.1 Å². The van der Waals surface area contributed by atoms with Crippen molar-refractivity contribution in [1.29, 1.82) is 0 Å². The van der Waals surface area contributed by atoms with Crippen molar-refractivity contribution in [2.75, 3.05) is 6.54 Å². The molecule has 1 radical (unpaired) electrons. The normalized spacial score (nSPS) is 14.4. The number of halogens is 1. The fourth-order valence-corrected chi connectivity index (χ4v) is 2.52. The van der Waals surface area contributed by atoms with Crippen molar-refractivity contribution in [3.63, 3.8) is 0 Å². The Balaban J connectivity index is 2.54. The highest BCUT2D eigenvalue weighted by Gasteiger charge is 2.34. The van der Waals surface area contributed by atoms with Crippen LogP contribution in [0.3, 0.4) is 0 Å². The molecule has 0 heterocycles. The Morgan fingerprint density at radius 2 is 1.92 bits per heavy atom. The van der Waals surface area contributed by atoms with Crippen molar-refractivity contribution in [2.45, 2.75) is 51.7 Å². The van der Waals surface area contributed by atoms with Crippen molar-refractivity contribution >= 4 is 11.8 Å². The molecular formula is C19H28FN2O3. The van der Waals surface area contributed by atoms with E-state index in [0.717, 1.165) is 12.2 Å². The van der Waals surface area contributed by atoms with E-state index in [2.05, 4.69) is 10.6 Å². The average molecular weight is 351 g/mol. The molecule has 139 valence electrons. The number of alkyl halides is 1. The zero-order chi connectivity index (χ0) is 18.7. The maximum absolute atomic E-state index is 14.7. The van der Waals surface area contributed by atoms with E-state index < -0.39 is 17.5 Å². The quantitative estimate of drug-likeness (QED) is 0.574. The molecule has 0 aliphatic carbocycles. The zero-order valence-corrected chi connectivity index (χ0v) is 14.9. The zero-order valence-electron chi connectivity index (χ0n) is 14.9. The van der Waals surface area contributed by atoms with Gasteiger partial charge >= 0.3 is 0 Å². The molecular weight excluding hydrogens is 323 g/mol. The summed E-state index contributed by atoms with van der Waals surface area (Å²) in [5.74, 6) is -1.29. The topological polar surface area (TPSA) is 78.4 Å². The van der Waals surface area contributed by atoms with Crippen LogP contribution in [0.4, 0.5) is 4.39 Å². The van der Waals surface area contributed by atoms with Crippen molar-refractivity contribution in [1.82, 2.24) is 10.6 Å². The van der Waals surface area contributed by atoms with Gasteiger partial charge in [0.15, 0.2) is 5.67 Å². The third-order valence-electron chi connectivity index (χ3n) is 4.10. The first kappa shape index (κ1) is 21.1. The molecule has 0 unspecified atom stereocenters. The number of rotatable bonds is 11. The third-order valence-corrected chi connectivity index (χ3v) is 4.10. The lowest BCUT2D eigenvalue weighted by atomic mass is 9.90. The summed E-state index contributed by atoms with van der Waals surface area (Å²) in [6.07, 6.45) is 0.960. The predicted octanol–water partition coefficient (Wildman–Crippen LogP) is 2.88. The molecule has 6 heteroatoms. The smallest absolute Gasteiger partial charge is 0.257 e. The van der Waals surface area contributed by atoms with Crippen LogP contribution < -0.4 is 10.6 Å². The van der Waals surface area contributed by atoms with Crippen LogP contribution in [0.2, 0.25) is 0 Å². The maximum atomic E-state index is 14.7. The van der Waals surface area contributed by atoms with Gasteiger partial charge in [0.05, 0.1) is 6.61 Å². The third kappa shape index (κ3) is 7.65. The van der Waals surface area contributed by atoms with Crippen LogP contribution >= 0.6 is 0 Å². The second-order valence-corrected chi connectivity index (χ2v) is 6.26. The lowest BCUT2D eigenvalue weighted by molar-refractivity contribution is -0.133. The van der Waals surface area contributed by atoms with Crippen LogP contribution in [0.15, 0.2) is 30.3 Å². The molecule has 0 spiro atoms. The molecule has 0 saturated carbocycles. The maximum Gasteiger partial charge on any atom is 0.257 e. The molecule has 1 aromatic rings. The van der Waals surface area contributed by atoms with Crippen LogP contribution in [-0.4, -0.2) is 29.1 Å². The lowest BCUT2D eigenvalue weighted by Gasteiger charge is -2.23. The second-order valence-electron chi connectivity index (χ2n) is 6.26. The van der Waals surface area contributed by atoms with E-state index in [0.29, 0.717) is 19.4 Å². The van der Waals surface area contributed by atoms with E-state index in [-0.39, 0.29) is 25.3 Å². The summed E-state index contributed by atoms with van der Waals surface area (Å²) in [5.41, 5.74) is -1.16. The number of aliphatic hydroxyl groups excluding tert-OH is 1. The van der Waals surface area contributed by atoms with Gasteiger partial charge in [0.1, 0.15) is 0 Å². The van der Waals surface area contributed by atoms with Gasteiger partial charge in [-0.25, -0.2) is 4.39 Å². The van der Waals surface area contributed by atoms with Gasteiger partial charge in [0, 0.05) is 19.0 Å². The summed E-state index contributed by atoms with van der Waals surface area (Å²) in [5, 5.41) is 14.1. The van der Waals surface area contributed by atoms with Gasteiger partial charge in [-0.15, -0.1) is 0 Å². The van der Waals surface area contributed by atoms with E-state index in [1.54, 1.807) is 0 Å². The van der Waals surface area contributed by atoms with Crippen molar-refractivity contribution in [2.24, 2.45) is 5.92 Å². The van der Waals surface area contributed by atoms with Gasteiger partial charge < -0.3 is 15.7 Å². The van der Waals surface area contributed by atoms with Crippen LogP contribution in [0, 0.1) is 12.5 Å². The number of carbonyl (C=O) groups is 2. The Morgan fingerprint density at radius 3 is 2.52 bits per heavy atom. The van der Waals surface area contributed by atoms with Crippen molar-refractivity contribution < 1.29 is 19.1 Å². The van der Waals surface area contributed by atoms with E-state index in [1.165, 1.54) is 6.92 Å². The molecule has 0 aromatic heterocycles. The summed E-state index contributed by atoms with van der Waals surface area (Å²) < 4.78 is 14.7. The Kier molecular flexibility index (Phi) is 9.13. The highest BCUT2D eigenvalue weighted by atomic mass is 19.1. The Morgan fingerprint density at radius 1 is 1.24 bits per heavy atom. The molecule has 0 fully saturated rings. The summed E-state index contributed by atoms with van der Waals surface area (Å²) in [4.78, 5) is 24.1. The van der Waals surface area contributed by atoms with Gasteiger partial charge in [0.25, 0.3) is 5.91 Å². The van der Waals surface area contributed by atoms with Crippen LogP contribution in [0.5, 0.6) is 0 Å². The number of benzene rings is 1. The first-order valence-corrected chi connectivity index (χ1v) is 8.65. The minimum absolute atomic E-state index is 0.0547. The molecule has 0 aliphatic heterocycles. The number of carbonyl (C=O) groups excluding carboxylic acids is 2. The highest BCUT2D eigenvalue weighted by Crippen LogP contribution is 2.24. The molecule has 1 aromatic carbocycles. The van der Waals surface area contributed by atoms with Crippen molar-refractivity contribution in [3.05, 3.63) is 42.5 Å². The number of nitrogens with one attached hydrogen (secondary N) is 2. The summed E-state index contributed by atoms with van der Waals surface area (Å²) in [7, 11) is 0. The van der Waals surface area contributed by atoms with Crippen LogP contribution in [-0.2, 0) is 16.1 Å². The minimum Gasteiger partial charge on any atom is -0.390 e. The predicted molar refractivity (Wildman–Crippen MR) is 94.7 cm³/mol. The van der Waals surface area contributed by atoms with E-state index in [9.17, 15) is 14.0 Å². The molecule has 0 aliphatic rings. The SMILES string of the molecule is CCNC(=O)[C@@H](CC[CH]O)CC[C@](C)(F)C(=O)NCc1ccccc1. The lowest BCUT2D eigenvalue weighted by Crippen LogP contribution is -2.41. The standard InChI is InChI=1S/C19H28FN2O3/c1-3-21-17(24)16(10-7-13-23)11-12-19(2,20)18(25)22-14-15-8-5-4-6-9-15/h4-6,8-9,13,16,23H,3,7,10-12,14H2,1-2H3,(H,21,24)(H,22,25)/t16-,19-/m0/s1. The minimum atomic E-state index is -2.05.